The minimum absolute atomic E-state index is 0.169. The van der Waals surface area contributed by atoms with Crippen LogP contribution in [0.5, 0.6) is 5.75 Å². The third kappa shape index (κ3) is 4.57. The molecule has 1 aromatic rings. The molecule has 0 unspecified atom stereocenters. The van der Waals surface area contributed by atoms with Crippen LogP contribution >= 0.6 is 0 Å². The minimum Gasteiger partial charge on any atom is -0.487 e. The monoisotopic (exact) mass is 298 g/mol. The summed E-state index contributed by atoms with van der Waals surface area (Å²) in [5, 5.41) is 10.6. The van der Waals surface area contributed by atoms with E-state index in [9.17, 15) is 10.1 Å². The Kier molecular flexibility index (Phi) is 5.24. The summed E-state index contributed by atoms with van der Waals surface area (Å²) in [7, 11) is -1.75. The van der Waals surface area contributed by atoms with Crippen molar-refractivity contribution in [3.8, 4) is 5.75 Å². The maximum absolute atomic E-state index is 10.5. The first-order valence-corrected chi connectivity index (χ1v) is 9.41. The molecule has 0 atom stereocenters. The molecular formula is C13H22N2O4Si. The summed E-state index contributed by atoms with van der Waals surface area (Å²) >= 11 is 0. The van der Waals surface area contributed by atoms with Crippen LogP contribution in [0.4, 0.5) is 5.82 Å². The summed E-state index contributed by atoms with van der Waals surface area (Å²) in [6, 6.07) is 2.86. The van der Waals surface area contributed by atoms with E-state index in [2.05, 4.69) is 38.8 Å². The molecule has 0 aliphatic carbocycles. The number of pyridine rings is 1. The van der Waals surface area contributed by atoms with Gasteiger partial charge in [-0.3, -0.25) is 0 Å². The lowest BCUT2D eigenvalue weighted by molar-refractivity contribution is -0.389. The van der Waals surface area contributed by atoms with Crippen LogP contribution in [0, 0.1) is 10.1 Å². The van der Waals surface area contributed by atoms with Gasteiger partial charge in [-0.05, 0) is 34.1 Å². The van der Waals surface area contributed by atoms with Gasteiger partial charge in [-0.1, -0.05) is 20.8 Å². The second-order valence-corrected chi connectivity index (χ2v) is 10.9. The molecule has 0 fully saturated rings. The quantitative estimate of drug-likeness (QED) is 0.348. The summed E-state index contributed by atoms with van der Waals surface area (Å²) in [5.74, 6) is 0.323. The van der Waals surface area contributed by atoms with Crippen molar-refractivity contribution in [3.63, 3.8) is 0 Å². The van der Waals surface area contributed by atoms with Gasteiger partial charge in [-0.2, -0.15) is 0 Å². The molecule has 0 saturated heterocycles. The lowest BCUT2D eigenvalue weighted by Gasteiger charge is -2.36. The van der Waals surface area contributed by atoms with Gasteiger partial charge in [0.2, 0.25) is 0 Å². The zero-order valence-electron chi connectivity index (χ0n) is 12.7. The number of nitro groups is 1. The highest BCUT2D eigenvalue weighted by atomic mass is 28.4. The fraction of sp³-hybridized carbons (Fsp3) is 0.615. The molecule has 0 saturated carbocycles. The molecule has 7 heteroatoms. The zero-order chi connectivity index (χ0) is 15.4. The highest BCUT2D eigenvalue weighted by molar-refractivity contribution is 6.74. The van der Waals surface area contributed by atoms with Gasteiger partial charge in [0.15, 0.2) is 20.3 Å². The Bertz CT molecular complexity index is 454. The van der Waals surface area contributed by atoms with Gasteiger partial charge in [-0.15, -0.1) is 0 Å². The van der Waals surface area contributed by atoms with Crippen molar-refractivity contribution < 1.29 is 14.1 Å². The van der Waals surface area contributed by atoms with Gasteiger partial charge in [0, 0.05) is 6.07 Å². The molecule has 0 bridgehead atoms. The Hall–Kier alpha value is -1.47. The Balaban J connectivity index is 2.40. The van der Waals surface area contributed by atoms with E-state index >= 15 is 0 Å². The molecule has 0 N–H and O–H groups in total. The van der Waals surface area contributed by atoms with E-state index in [1.54, 1.807) is 0 Å². The number of aromatic nitrogens is 1. The molecule has 0 amide bonds. The van der Waals surface area contributed by atoms with E-state index in [0.29, 0.717) is 19.0 Å². The van der Waals surface area contributed by atoms with Crippen LogP contribution in [0.2, 0.25) is 18.1 Å². The van der Waals surface area contributed by atoms with Crippen molar-refractivity contribution in [2.75, 3.05) is 13.2 Å². The van der Waals surface area contributed by atoms with Crippen molar-refractivity contribution in [1.29, 1.82) is 0 Å². The zero-order valence-corrected chi connectivity index (χ0v) is 13.7. The highest BCUT2D eigenvalue weighted by Gasteiger charge is 2.36. The predicted molar refractivity (Wildman–Crippen MR) is 79.5 cm³/mol. The molecule has 1 aromatic heterocycles. The Morgan fingerprint density at radius 2 is 1.95 bits per heavy atom. The fourth-order valence-electron chi connectivity index (χ4n) is 1.24. The van der Waals surface area contributed by atoms with Crippen LogP contribution in [0.15, 0.2) is 18.3 Å². The molecule has 0 aromatic carbocycles. The van der Waals surface area contributed by atoms with Gasteiger partial charge < -0.3 is 19.3 Å². The molecule has 1 heterocycles. The van der Waals surface area contributed by atoms with Crippen molar-refractivity contribution in [3.05, 3.63) is 28.4 Å². The average Bonchev–Trinajstić information content (AvgIpc) is 2.34. The normalized spacial score (nSPS) is 12.2. The van der Waals surface area contributed by atoms with Crippen molar-refractivity contribution in [2.24, 2.45) is 0 Å². The summed E-state index contributed by atoms with van der Waals surface area (Å²) in [6.07, 6.45) is 1.35. The minimum atomic E-state index is -1.75. The van der Waals surface area contributed by atoms with Crippen LogP contribution in [-0.2, 0) is 4.43 Å². The topological polar surface area (TPSA) is 74.5 Å². The van der Waals surface area contributed by atoms with Gasteiger partial charge in [0.25, 0.3) is 0 Å². The summed E-state index contributed by atoms with van der Waals surface area (Å²) in [5.41, 5.74) is 0. The van der Waals surface area contributed by atoms with E-state index in [0.717, 1.165) is 0 Å². The maximum Gasteiger partial charge on any atom is 0.363 e. The summed E-state index contributed by atoms with van der Waals surface area (Å²) < 4.78 is 11.4. The lowest BCUT2D eigenvalue weighted by atomic mass is 10.2. The van der Waals surface area contributed by atoms with Crippen molar-refractivity contribution in [2.45, 2.75) is 38.9 Å². The molecule has 0 aliphatic rings. The summed E-state index contributed by atoms with van der Waals surface area (Å²) in [6.45, 7) is 11.8. The number of ether oxygens (including phenoxy) is 1. The highest BCUT2D eigenvalue weighted by Crippen LogP contribution is 2.36. The largest absolute Gasteiger partial charge is 0.487 e. The first kappa shape index (κ1) is 16.6. The third-order valence-corrected chi connectivity index (χ3v) is 8.07. The van der Waals surface area contributed by atoms with E-state index in [-0.39, 0.29) is 10.9 Å². The molecule has 0 radical (unpaired) electrons. The van der Waals surface area contributed by atoms with Crippen LogP contribution in [0.1, 0.15) is 20.8 Å². The van der Waals surface area contributed by atoms with Gasteiger partial charge in [0.05, 0.1) is 6.61 Å². The third-order valence-electron chi connectivity index (χ3n) is 3.53. The molecule has 1 rings (SSSR count). The molecule has 0 spiro atoms. The Morgan fingerprint density at radius 1 is 1.30 bits per heavy atom. The maximum atomic E-state index is 10.5. The van der Waals surface area contributed by atoms with Crippen LogP contribution in [-0.4, -0.2) is 31.4 Å². The predicted octanol–water partition coefficient (Wildman–Crippen LogP) is 3.39. The molecule has 6 nitrogen and oxygen atoms in total. The molecule has 112 valence electrons. The second-order valence-electron chi connectivity index (χ2n) is 6.07. The summed E-state index contributed by atoms with van der Waals surface area (Å²) in [4.78, 5) is 13.6. The van der Waals surface area contributed by atoms with E-state index in [4.69, 9.17) is 9.16 Å². The van der Waals surface area contributed by atoms with Gasteiger partial charge >= 0.3 is 5.82 Å². The molecule has 20 heavy (non-hydrogen) atoms. The van der Waals surface area contributed by atoms with E-state index in [1.165, 1.54) is 18.3 Å². The SMILES string of the molecule is CC(C)(C)[Si](C)(C)OCCOc1ccc([N+](=O)[O-])nc1. The van der Waals surface area contributed by atoms with Crippen molar-refractivity contribution >= 4 is 14.1 Å². The molecule has 0 aliphatic heterocycles. The Labute approximate surface area is 120 Å². The van der Waals surface area contributed by atoms with E-state index < -0.39 is 13.2 Å². The van der Waals surface area contributed by atoms with Crippen molar-refractivity contribution in [1.82, 2.24) is 4.98 Å². The van der Waals surface area contributed by atoms with Crippen LogP contribution in [0.25, 0.3) is 0 Å². The van der Waals surface area contributed by atoms with Crippen LogP contribution < -0.4 is 4.74 Å². The number of hydrogen-bond donors (Lipinski definition) is 0. The fourth-order valence-corrected chi connectivity index (χ4v) is 2.27. The van der Waals surface area contributed by atoms with Crippen LogP contribution in [0.3, 0.4) is 0 Å². The average molecular weight is 298 g/mol. The van der Waals surface area contributed by atoms with Gasteiger partial charge in [-0.25, -0.2) is 0 Å². The first-order chi connectivity index (χ1) is 9.13. The number of nitrogens with zero attached hydrogens (tertiary/aromatic N) is 2. The smallest absolute Gasteiger partial charge is 0.363 e. The number of hydrogen-bond acceptors (Lipinski definition) is 5. The standard InChI is InChI=1S/C13H22N2O4Si/c1-13(2,3)20(4,5)19-9-8-18-11-6-7-12(14-10-11)15(16)17/h6-7,10H,8-9H2,1-5H3. The lowest BCUT2D eigenvalue weighted by Crippen LogP contribution is -2.41. The number of rotatable bonds is 6. The van der Waals surface area contributed by atoms with E-state index in [1.807, 2.05) is 0 Å². The molecular weight excluding hydrogens is 276 g/mol. The first-order valence-electron chi connectivity index (χ1n) is 6.51. The van der Waals surface area contributed by atoms with Gasteiger partial charge in [0.1, 0.15) is 6.61 Å². The second kappa shape index (κ2) is 6.32. The Morgan fingerprint density at radius 3 is 2.40 bits per heavy atom.